The predicted octanol–water partition coefficient (Wildman–Crippen LogP) is 3.07. The first-order valence-electron chi connectivity index (χ1n) is 6.11. The monoisotopic (exact) mass is 371 g/mol. The lowest BCUT2D eigenvalue weighted by molar-refractivity contribution is 0.393. The van der Waals surface area contributed by atoms with Gasteiger partial charge in [0.15, 0.2) is 6.20 Å². The summed E-state index contributed by atoms with van der Waals surface area (Å²) < 4.78 is 12.2. The maximum atomic E-state index is 5.95. The topological polar surface area (TPSA) is 40.0 Å². The lowest BCUT2D eigenvalue weighted by Gasteiger charge is -2.13. The molecule has 0 saturated heterocycles. The van der Waals surface area contributed by atoms with Crippen LogP contribution in [0.1, 0.15) is 5.56 Å². The van der Waals surface area contributed by atoms with Crippen molar-refractivity contribution in [3.8, 4) is 11.5 Å². The van der Waals surface area contributed by atoms with Gasteiger partial charge >= 0.3 is 0 Å². The van der Waals surface area contributed by atoms with E-state index in [9.17, 15) is 0 Å². The number of halogens is 2. The molecule has 0 spiro atoms. The van der Waals surface area contributed by atoms with Crippen molar-refractivity contribution in [2.45, 2.75) is 0 Å². The Kier molecular flexibility index (Phi) is 4.92. The van der Waals surface area contributed by atoms with E-state index in [-0.39, 0.29) is 17.0 Å². The molecular formula is C14H15BrClN3O2+. The number of fused-ring (bicyclic) bond motifs is 1. The van der Waals surface area contributed by atoms with E-state index < -0.39 is 0 Å². The molecule has 5 nitrogen and oxygen atoms in total. The summed E-state index contributed by atoms with van der Waals surface area (Å²) in [5.41, 5.74) is 1.76. The molecule has 0 fully saturated rings. The van der Waals surface area contributed by atoms with E-state index in [0.717, 1.165) is 28.6 Å². The number of nitrogens with zero attached hydrogens (tertiary/aromatic N) is 3. The van der Waals surface area contributed by atoms with Gasteiger partial charge in [0.1, 0.15) is 17.2 Å². The van der Waals surface area contributed by atoms with Gasteiger partial charge in [0.25, 0.3) is 5.84 Å². The number of methoxy groups -OCH3 is 2. The number of aliphatic imine (C=N–C) groups is 1. The molecule has 1 aromatic carbocycles. The quantitative estimate of drug-likeness (QED) is 0.605. The summed E-state index contributed by atoms with van der Waals surface area (Å²) in [6.45, 7) is 0.568. The highest BCUT2D eigenvalue weighted by molar-refractivity contribution is 8.93. The number of ether oxygens (including phenoxy) is 2. The third-order valence-corrected chi connectivity index (χ3v) is 3.38. The van der Waals surface area contributed by atoms with E-state index in [1.165, 1.54) is 0 Å². The van der Waals surface area contributed by atoms with E-state index in [0.29, 0.717) is 6.67 Å². The van der Waals surface area contributed by atoms with Crippen LogP contribution >= 0.6 is 28.8 Å². The average Bonchev–Trinajstić information content (AvgIpc) is 2.89. The first kappa shape index (κ1) is 15.9. The zero-order chi connectivity index (χ0) is 14.1. The van der Waals surface area contributed by atoms with Crippen LogP contribution in [0.15, 0.2) is 41.7 Å². The number of benzene rings is 1. The molecule has 0 saturated carbocycles. The Morgan fingerprint density at radius 2 is 2.10 bits per heavy atom. The van der Waals surface area contributed by atoms with Crippen molar-refractivity contribution in [3.05, 3.63) is 42.2 Å². The van der Waals surface area contributed by atoms with Crippen molar-refractivity contribution in [3.63, 3.8) is 0 Å². The predicted molar refractivity (Wildman–Crippen MR) is 89.1 cm³/mol. The van der Waals surface area contributed by atoms with Gasteiger partial charge in [0, 0.05) is 35.7 Å². The van der Waals surface area contributed by atoms with Crippen LogP contribution in [-0.2, 0) is 0 Å². The lowest BCUT2D eigenvalue weighted by atomic mass is 10.1. The largest absolute Gasteiger partial charge is 0.497 e. The molecule has 0 bridgehead atoms. The van der Waals surface area contributed by atoms with Crippen molar-refractivity contribution in [1.82, 2.24) is 9.32 Å². The highest BCUT2D eigenvalue weighted by Crippen LogP contribution is 2.33. The fourth-order valence-electron chi connectivity index (χ4n) is 2.16. The van der Waals surface area contributed by atoms with E-state index in [2.05, 4.69) is 4.99 Å². The minimum atomic E-state index is 0. The Morgan fingerprint density at radius 3 is 2.81 bits per heavy atom. The Bertz CT molecular complexity index is 631. The van der Waals surface area contributed by atoms with Crippen LogP contribution in [-0.4, -0.2) is 31.1 Å². The van der Waals surface area contributed by atoms with E-state index >= 15 is 0 Å². The molecule has 1 aromatic rings. The van der Waals surface area contributed by atoms with Crippen LogP contribution in [0.5, 0.6) is 11.5 Å². The maximum absolute atomic E-state index is 5.95. The number of amidine groups is 1. The molecule has 0 N–H and O–H groups in total. The molecule has 0 atom stereocenters. The standard InChI is InChI=1S/C14H14ClN3O2.BrH/c1-19-10-3-4-11(13(7-10)20-2)12-8-17-9-18(15)6-5-14(17)16-12;/h3-8H,9H2,1-2H3;1H/q+1;. The molecule has 111 valence electrons. The first-order valence-corrected chi connectivity index (χ1v) is 6.45. The fourth-order valence-corrected chi connectivity index (χ4v) is 2.33. The first-order chi connectivity index (χ1) is 9.71. The van der Waals surface area contributed by atoms with Crippen LogP contribution in [0.3, 0.4) is 0 Å². The smallest absolute Gasteiger partial charge is 0.285 e. The van der Waals surface area contributed by atoms with Crippen LogP contribution in [0.2, 0.25) is 0 Å². The summed E-state index contributed by atoms with van der Waals surface area (Å²) in [6, 6.07) is 5.67. The van der Waals surface area contributed by atoms with Crippen LogP contribution < -0.4 is 14.4 Å². The highest BCUT2D eigenvalue weighted by Gasteiger charge is 2.33. The second-order valence-corrected chi connectivity index (χ2v) is 4.81. The summed E-state index contributed by atoms with van der Waals surface area (Å²) in [5.74, 6) is 2.35. The van der Waals surface area contributed by atoms with Crippen LogP contribution in [0, 0.1) is 0 Å². The molecule has 21 heavy (non-hydrogen) atoms. The second kappa shape index (κ2) is 6.51. The molecule has 3 rings (SSSR count). The van der Waals surface area contributed by atoms with Gasteiger partial charge < -0.3 is 9.47 Å². The Balaban J connectivity index is 0.00000161. The lowest BCUT2D eigenvalue weighted by Crippen LogP contribution is -2.37. The van der Waals surface area contributed by atoms with Crippen molar-refractivity contribution < 1.29 is 9.47 Å². The highest BCUT2D eigenvalue weighted by atomic mass is 79.9. The van der Waals surface area contributed by atoms with Gasteiger partial charge in [-0.05, 0) is 12.1 Å². The van der Waals surface area contributed by atoms with E-state index in [1.54, 1.807) is 24.8 Å². The third kappa shape index (κ3) is 3.07. The SMILES string of the molecule is Br.COc1ccc(C2=C[N+]3CN(Cl)C=CC3=N2)c(OC)c1. The minimum absolute atomic E-state index is 0. The minimum Gasteiger partial charge on any atom is -0.497 e. The molecule has 1 radical (unpaired) electrons. The van der Waals surface area contributed by atoms with Gasteiger partial charge in [-0.15, -0.1) is 17.0 Å². The summed E-state index contributed by atoms with van der Waals surface area (Å²) in [6.07, 6.45) is 5.62. The van der Waals surface area contributed by atoms with E-state index in [4.69, 9.17) is 21.3 Å². The summed E-state index contributed by atoms with van der Waals surface area (Å²) in [7, 11) is 3.26. The second-order valence-electron chi connectivity index (χ2n) is 4.38. The number of rotatable bonds is 3. The fraction of sp³-hybridized carbons (Fsp3) is 0.214. The molecule has 7 heteroatoms. The summed E-state index contributed by atoms with van der Waals surface area (Å²) >= 11 is 5.95. The molecule has 2 aliphatic heterocycles. The molecule has 0 unspecified atom stereocenters. The van der Waals surface area contributed by atoms with Crippen molar-refractivity contribution >= 4 is 40.3 Å². The Labute approximate surface area is 139 Å². The van der Waals surface area contributed by atoms with Crippen molar-refractivity contribution in [2.24, 2.45) is 4.99 Å². The third-order valence-electron chi connectivity index (χ3n) is 3.16. The molecule has 2 aliphatic rings. The van der Waals surface area contributed by atoms with Crippen molar-refractivity contribution in [1.29, 1.82) is 0 Å². The van der Waals surface area contributed by atoms with Crippen molar-refractivity contribution in [2.75, 3.05) is 20.9 Å². The van der Waals surface area contributed by atoms with Gasteiger partial charge in [0.2, 0.25) is 6.67 Å². The molecule has 0 aliphatic carbocycles. The van der Waals surface area contributed by atoms with E-state index in [1.807, 2.05) is 35.4 Å². The summed E-state index contributed by atoms with van der Waals surface area (Å²) in [4.78, 5) is 6.57. The van der Waals surface area contributed by atoms with Gasteiger partial charge in [-0.3, -0.25) is 0 Å². The summed E-state index contributed by atoms with van der Waals surface area (Å²) in [5, 5.41) is 0. The molecule has 0 amide bonds. The Morgan fingerprint density at radius 1 is 1.29 bits per heavy atom. The van der Waals surface area contributed by atoms with Crippen LogP contribution in [0.25, 0.3) is 5.70 Å². The van der Waals surface area contributed by atoms with Gasteiger partial charge in [0.05, 0.1) is 14.2 Å². The average molecular weight is 373 g/mol. The molecule has 0 aromatic heterocycles. The molecular weight excluding hydrogens is 358 g/mol. The zero-order valence-electron chi connectivity index (χ0n) is 11.6. The molecule has 2 heterocycles. The number of hydrogen-bond acceptors (Lipinski definition) is 5. The van der Waals surface area contributed by atoms with Gasteiger partial charge in [-0.2, -0.15) is 4.99 Å². The van der Waals surface area contributed by atoms with Gasteiger partial charge in [-0.1, -0.05) is 4.90 Å². The zero-order valence-corrected chi connectivity index (χ0v) is 14.1. The maximum Gasteiger partial charge on any atom is 0.285 e. The normalized spacial score (nSPS) is 16.8. The Hall–Kier alpha value is -1.50. The number of hydrogen-bond donors (Lipinski definition) is 0. The van der Waals surface area contributed by atoms with Crippen LogP contribution in [0.4, 0.5) is 0 Å². The van der Waals surface area contributed by atoms with Gasteiger partial charge in [-0.25, -0.2) is 4.42 Å².